The average molecular weight is 503 g/mol. The second kappa shape index (κ2) is 13.2. The van der Waals surface area contributed by atoms with Gasteiger partial charge in [-0.25, -0.2) is 0 Å². The van der Waals surface area contributed by atoms with Gasteiger partial charge in [0, 0.05) is 27.8 Å². The van der Waals surface area contributed by atoms with E-state index in [0.717, 1.165) is 9.79 Å². The number of benzene rings is 4. The Kier molecular flexibility index (Phi) is 9.71. The van der Waals surface area contributed by atoms with Crippen molar-refractivity contribution in [2.45, 2.75) is 16.7 Å². The van der Waals surface area contributed by atoms with Crippen LogP contribution in [0.5, 0.6) is 11.5 Å². The number of hydrogen-bond acceptors (Lipinski definition) is 7. The summed E-state index contributed by atoms with van der Waals surface area (Å²) in [6, 6.07) is 31.7. The molecule has 0 heterocycles. The van der Waals surface area contributed by atoms with E-state index in [2.05, 4.69) is 0 Å². The highest BCUT2D eigenvalue weighted by atomic mass is 32.2. The molecule has 0 saturated heterocycles. The average Bonchev–Trinajstić information content (AvgIpc) is 2.86. The number of phenols is 1. The summed E-state index contributed by atoms with van der Waals surface area (Å²) in [4.78, 5) is 36.4. The fourth-order valence-corrected chi connectivity index (χ4v) is 4.25. The van der Waals surface area contributed by atoms with E-state index in [1.807, 2.05) is 60.7 Å². The third-order valence-electron chi connectivity index (χ3n) is 4.36. The third-order valence-corrected chi connectivity index (χ3v) is 6.22. The van der Waals surface area contributed by atoms with Gasteiger partial charge < -0.3 is 9.84 Å². The normalized spacial score (nSPS) is 9.97. The molecule has 0 unspecified atom stereocenters. The predicted molar refractivity (Wildman–Crippen MR) is 139 cm³/mol. The van der Waals surface area contributed by atoms with Crippen LogP contribution >= 0.6 is 23.5 Å². The van der Waals surface area contributed by atoms with Gasteiger partial charge in [-0.05, 0) is 96.3 Å². The molecule has 0 bridgehead atoms. The molecule has 0 fully saturated rings. The maximum atomic E-state index is 12.0. The Morgan fingerprint density at radius 3 is 1.40 bits per heavy atom. The van der Waals surface area contributed by atoms with Crippen molar-refractivity contribution < 1.29 is 24.2 Å². The molecule has 1 N–H and O–H groups in total. The number of aromatic hydroxyl groups is 1. The van der Waals surface area contributed by atoms with Crippen molar-refractivity contribution in [2.24, 2.45) is 0 Å². The number of esters is 1. The van der Waals surface area contributed by atoms with Gasteiger partial charge in [0.1, 0.15) is 11.5 Å². The van der Waals surface area contributed by atoms with Crippen molar-refractivity contribution in [1.82, 2.24) is 0 Å². The van der Waals surface area contributed by atoms with E-state index in [0.29, 0.717) is 16.9 Å². The van der Waals surface area contributed by atoms with Crippen LogP contribution in [0.2, 0.25) is 0 Å². The van der Waals surface area contributed by atoms with Gasteiger partial charge in [-0.2, -0.15) is 0 Å². The Morgan fingerprint density at radius 1 is 0.600 bits per heavy atom. The van der Waals surface area contributed by atoms with Crippen LogP contribution < -0.4 is 4.74 Å². The summed E-state index contributed by atoms with van der Waals surface area (Å²) < 4.78 is 4.91. The molecular weight excluding hydrogens is 480 g/mol. The molecule has 35 heavy (non-hydrogen) atoms. The highest BCUT2D eigenvalue weighted by molar-refractivity contribution is 8.14. The van der Waals surface area contributed by atoms with Crippen LogP contribution in [0.4, 0.5) is 0 Å². The zero-order valence-electron chi connectivity index (χ0n) is 18.8. The van der Waals surface area contributed by atoms with Crippen LogP contribution in [0.3, 0.4) is 0 Å². The fraction of sp³-hybridized carbons (Fsp3) is 0.0357. The summed E-state index contributed by atoms with van der Waals surface area (Å²) >= 11 is 2.35. The van der Waals surface area contributed by atoms with Gasteiger partial charge in [-0.15, -0.1) is 0 Å². The van der Waals surface area contributed by atoms with Gasteiger partial charge in [0.25, 0.3) is 0 Å². The molecule has 5 nitrogen and oxygen atoms in total. The molecule has 0 aliphatic heterocycles. The molecule has 0 aliphatic rings. The minimum Gasteiger partial charge on any atom is -0.508 e. The Balaban J connectivity index is 0.000000198. The minimum atomic E-state index is -0.377. The number of thioether (sulfide) groups is 2. The maximum Gasteiger partial charge on any atom is 0.308 e. The van der Waals surface area contributed by atoms with Gasteiger partial charge in [-0.1, -0.05) is 36.4 Å². The van der Waals surface area contributed by atoms with E-state index in [1.54, 1.807) is 36.4 Å². The summed E-state index contributed by atoms with van der Waals surface area (Å²) in [7, 11) is 0. The monoisotopic (exact) mass is 502 g/mol. The number of carbonyl (C=O) groups excluding carboxylic acids is 3. The van der Waals surface area contributed by atoms with Crippen molar-refractivity contribution in [3.05, 3.63) is 120 Å². The molecule has 0 saturated carbocycles. The zero-order chi connectivity index (χ0) is 25.0. The zero-order valence-corrected chi connectivity index (χ0v) is 20.4. The first-order chi connectivity index (χ1) is 16.9. The first-order valence-corrected chi connectivity index (χ1v) is 12.2. The molecule has 0 radical (unpaired) electrons. The van der Waals surface area contributed by atoms with E-state index >= 15 is 0 Å². The molecule has 0 aliphatic carbocycles. The molecule has 0 aromatic heterocycles. The Labute approximate surface area is 212 Å². The molecule has 4 aromatic carbocycles. The van der Waals surface area contributed by atoms with Gasteiger partial charge in [0.15, 0.2) is 0 Å². The van der Waals surface area contributed by atoms with Crippen LogP contribution in [-0.2, 0) is 4.79 Å². The third kappa shape index (κ3) is 8.81. The number of carbonyl (C=O) groups is 3. The molecule has 4 rings (SSSR count). The van der Waals surface area contributed by atoms with Crippen molar-refractivity contribution in [1.29, 1.82) is 0 Å². The lowest BCUT2D eigenvalue weighted by Crippen LogP contribution is -2.01. The van der Waals surface area contributed by atoms with E-state index in [4.69, 9.17) is 9.84 Å². The van der Waals surface area contributed by atoms with Gasteiger partial charge in [-0.3, -0.25) is 14.4 Å². The Morgan fingerprint density at radius 2 is 1.00 bits per heavy atom. The van der Waals surface area contributed by atoms with Crippen LogP contribution in [0, 0.1) is 0 Å². The Hall–Kier alpha value is -3.81. The SMILES string of the molecule is CC(=O)Oc1ccc(C(=O)Sc2ccccc2)cc1.O=C(Sc1ccccc1)c1ccc(O)cc1. The smallest absolute Gasteiger partial charge is 0.308 e. The number of hydrogen-bond donors (Lipinski definition) is 1. The summed E-state index contributed by atoms with van der Waals surface area (Å²) in [5.74, 6) is 0.229. The molecular formula is C28H22O5S2. The number of phenolic OH excluding ortho intramolecular Hbond substituents is 1. The first kappa shape index (κ1) is 25.8. The predicted octanol–water partition coefficient (Wildman–Crippen LogP) is 6.87. The molecule has 0 amide bonds. The highest BCUT2D eigenvalue weighted by Crippen LogP contribution is 2.24. The van der Waals surface area contributed by atoms with Crippen molar-refractivity contribution in [2.75, 3.05) is 0 Å². The standard InChI is InChI=1S/C15H12O3S.C13H10O2S/c1-11(16)18-13-9-7-12(8-10-13)15(17)19-14-5-3-2-4-6-14;14-11-8-6-10(7-9-11)13(15)16-12-4-2-1-3-5-12/h2-10H,1H3;1-9,14H. The van der Waals surface area contributed by atoms with Gasteiger partial charge in [0.05, 0.1) is 0 Å². The summed E-state index contributed by atoms with van der Waals surface area (Å²) in [5.41, 5.74) is 1.16. The van der Waals surface area contributed by atoms with E-state index in [9.17, 15) is 14.4 Å². The summed E-state index contributed by atoms with van der Waals surface area (Å²) in [6.45, 7) is 1.34. The van der Waals surface area contributed by atoms with E-state index in [1.165, 1.54) is 42.6 Å². The lowest BCUT2D eigenvalue weighted by Gasteiger charge is -2.03. The van der Waals surface area contributed by atoms with E-state index in [-0.39, 0.29) is 21.9 Å². The second-order valence-corrected chi connectivity index (χ2v) is 9.16. The quantitative estimate of drug-likeness (QED) is 0.181. The van der Waals surface area contributed by atoms with Gasteiger partial charge >= 0.3 is 5.97 Å². The molecule has 0 atom stereocenters. The van der Waals surface area contributed by atoms with Gasteiger partial charge in [0.2, 0.25) is 10.2 Å². The molecule has 176 valence electrons. The van der Waals surface area contributed by atoms with E-state index < -0.39 is 0 Å². The lowest BCUT2D eigenvalue weighted by molar-refractivity contribution is -0.131. The van der Waals surface area contributed by atoms with Crippen molar-refractivity contribution >= 4 is 39.7 Å². The maximum absolute atomic E-state index is 12.0. The van der Waals surface area contributed by atoms with Crippen LogP contribution in [-0.4, -0.2) is 21.3 Å². The molecule has 0 spiro atoms. The Bertz CT molecular complexity index is 1260. The molecule has 7 heteroatoms. The largest absolute Gasteiger partial charge is 0.508 e. The number of rotatable bonds is 5. The van der Waals surface area contributed by atoms with Crippen molar-refractivity contribution in [3.8, 4) is 11.5 Å². The minimum absolute atomic E-state index is 0.0220. The topological polar surface area (TPSA) is 80.7 Å². The summed E-state index contributed by atoms with van der Waals surface area (Å²) in [5, 5.41) is 9.05. The fourth-order valence-electron chi connectivity index (χ4n) is 2.73. The van der Waals surface area contributed by atoms with Crippen LogP contribution in [0.25, 0.3) is 0 Å². The van der Waals surface area contributed by atoms with Crippen molar-refractivity contribution in [3.63, 3.8) is 0 Å². The second-order valence-electron chi connectivity index (χ2n) is 7.07. The first-order valence-electron chi connectivity index (χ1n) is 10.5. The molecule has 4 aromatic rings. The van der Waals surface area contributed by atoms with Crippen LogP contribution in [0.1, 0.15) is 27.6 Å². The lowest BCUT2D eigenvalue weighted by atomic mass is 10.2. The summed E-state index contributed by atoms with van der Waals surface area (Å²) in [6.07, 6.45) is 0. The highest BCUT2D eigenvalue weighted by Gasteiger charge is 2.09. The van der Waals surface area contributed by atoms with Crippen LogP contribution in [0.15, 0.2) is 119 Å². The number of ether oxygens (including phenoxy) is 1.